The van der Waals surface area contributed by atoms with Gasteiger partial charge in [-0.15, -0.1) is 11.3 Å². The first kappa shape index (κ1) is 52.1. The molecule has 3 nitrogen and oxygen atoms in total. The van der Waals surface area contributed by atoms with E-state index in [0.29, 0.717) is 0 Å². The van der Waals surface area contributed by atoms with Gasteiger partial charge in [-0.2, -0.15) is 0 Å². The van der Waals surface area contributed by atoms with E-state index in [1.54, 1.807) is 0 Å². The molecule has 0 bridgehead atoms. The van der Waals surface area contributed by atoms with E-state index in [-0.39, 0.29) is 28.4 Å². The van der Waals surface area contributed by atoms with E-state index in [1.807, 2.05) is 11.3 Å². The summed E-state index contributed by atoms with van der Waals surface area (Å²) in [5.41, 5.74) is 24.6. The molecule has 0 unspecified atom stereocenters. The summed E-state index contributed by atoms with van der Waals surface area (Å²) in [4.78, 5) is 7.80. The van der Waals surface area contributed by atoms with Crippen LogP contribution in [0, 0.1) is 0 Å². The van der Waals surface area contributed by atoms with Crippen LogP contribution in [0.1, 0.15) is 118 Å². The van der Waals surface area contributed by atoms with E-state index >= 15 is 0 Å². The van der Waals surface area contributed by atoms with Crippen LogP contribution >= 0.6 is 11.3 Å². The van der Waals surface area contributed by atoms with Crippen LogP contribution in [0.3, 0.4) is 0 Å². The van der Waals surface area contributed by atoms with E-state index in [9.17, 15) is 0 Å². The quantitative estimate of drug-likeness (QED) is 0.140. The Morgan fingerprint density at radius 2 is 0.949 bits per heavy atom. The molecule has 394 valence electrons. The Balaban J connectivity index is 1.20. The molecular weight excluding hydrogens is 974 g/mol. The highest BCUT2D eigenvalue weighted by Gasteiger charge is 2.46. The molecule has 2 aliphatic heterocycles. The van der Waals surface area contributed by atoms with Gasteiger partial charge in [0.05, 0.1) is 17.1 Å². The second kappa shape index (κ2) is 19.3. The lowest BCUT2D eigenvalue weighted by Gasteiger charge is -2.44. The summed E-state index contributed by atoms with van der Waals surface area (Å²) >= 11 is 1.98. The zero-order valence-corrected chi connectivity index (χ0v) is 49.4. The fraction of sp³-hybridized carbons (Fsp3) is 0.243. The fourth-order valence-electron chi connectivity index (χ4n) is 12.1. The van der Waals surface area contributed by atoms with E-state index in [0.717, 1.165) is 29.2 Å². The minimum absolute atomic E-state index is 0.00538. The van der Waals surface area contributed by atoms with Gasteiger partial charge in [-0.25, -0.2) is 0 Å². The van der Waals surface area contributed by atoms with E-state index in [4.69, 9.17) is 0 Å². The van der Waals surface area contributed by atoms with Crippen LogP contribution < -0.4 is 30.4 Å². The number of fused-ring (bicyclic) bond motifs is 6. The van der Waals surface area contributed by atoms with E-state index in [2.05, 4.69) is 305 Å². The number of para-hydroxylation sites is 1. The molecule has 10 aromatic rings. The predicted molar refractivity (Wildman–Crippen MR) is 346 cm³/mol. The minimum Gasteiger partial charge on any atom is -0.311 e. The summed E-state index contributed by atoms with van der Waals surface area (Å²) in [6.07, 6.45) is 0.886. The van der Waals surface area contributed by atoms with Crippen molar-refractivity contribution >= 4 is 95.0 Å². The Kier molecular flexibility index (Phi) is 12.8. The zero-order valence-electron chi connectivity index (χ0n) is 48.6. The molecule has 0 fully saturated rings. The first-order valence-corrected chi connectivity index (χ1v) is 29.3. The smallest absolute Gasteiger partial charge is 0.264 e. The van der Waals surface area contributed by atoms with Crippen molar-refractivity contribution in [1.82, 2.24) is 0 Å². The Morgan fingerprint density at radius 3 is 1.56 bits per heavy atom. The highest BCUT2D eigenvalue weighted by atomic mass is 32.1. The van der Waals surface area contributed by atoms with E-state index < -0.39 is 0 Å². The second-order valence-corrected chi connectivity index (χ2v) is 27.3. The topological polar surface area (TPSA) is 9.72 Å². The molecule has 0 radical (unpaired) electrons. The summed E-state index contributed by atoms with van der Waals surface area (Å²) < 4.78 is 2.69. The molecule has 5 heteroatoms. The van der Waals surface area contributed by atoms with Crippen molar-refractivity contribution in [1.29, 1.82) is 0 Å². The van der Waals surface area contributed by atoms with Gasteiger partial charge in [0.1, 0.15) is 0 Å². The Hall–Kier alpha value is -7.60. The maximum absolute atomic E-state index is 2.66. The molecule has 0 atom stereocenters. The minimum atomic E-state index is -0.0654. The predicted octanol–water partition coefficient (Wildman–Crippen LogP) is 19.5. The van der Waals surface area contributed by atoms with Crippen LogP contribution in [0.2, 0.25) is 0 Å². The van der Waals surface area contributed by atoms with Crippen molar-refractivity contribution in [3.8, 4) is 22.3 Å². The maximum atomic E-state index is 2.66. The molecule has 0 N–H and O–H groups in total. The summed E-state index contributed by atoms with van der Waals surface area (Å²) in [7, 11) is 0. The molecule has 0 spiro atoms. The molecule has 0 saturated carbocycles. The van der Waals surface area contributed by atoms with Gasteiger partial charge < -0.3 is 14.7 Å². The van der Waals surface area contributed by atoms with Gasteiger partial charge in [0.15, 0.2) is 0 Å². The van der Waals surface area contributed by atoms with Crippen molar-refractivity contribution in [2.24, 2.45) is 0 Å². The fourth-order valence-corrected chi connectivity index (χ4v) is 13.4. The first-order chi connectivity index (χ1) is 37.7. The third-order valence-corrected chi connectivity index (χ3v) is 17.9. The van der Waals surface area contributed by atoms with Gasteiger partial charge in [-0.1, -0.05) is 211 Å². The SMILES string of the molecule is CCc1cc2c3c(c1)N(c1ccc(C(C)(C)C)cc1)c1c(sc4ccc(C(C)(C)C)cc14)B3c1ccc(N(c3ccc(C(C)(C)C)cc3)c3ccccc3-c3ccccc3)cc1N2c1ccc(C(C)(C)C)cc1-c1ccccc1. The van der Waals surface area contributed by atoms with Gasteiger partial charge in [-0.3, -0.25) is 0 Å². The van der Waals surface area contributed by atoms with Gasteiger partial charge in [0.2, 0.25) is 0 Å². The van der Waals surface area contributed by atoms with E-state index in [1.165, 1.54) is 104 Å². The Bertz CT molecular complexity index is 3920. The average molecular weight is 1050 g/mol. The molecule has 0 aliphatic carbocycles. The number of thiophene rings is 1. The molecular formula is C74H74BN3S. The molecule has 3 heterocycles. The highest BCUT2D eigenvalue weighted by Crippen LogP contribution is 2.52. The van der Waals surface area contributed by atoms with Crippen molar-refractivity contribution in [2.45, 2.75) is 118 Å². The molecule has 79 heavy (non-hydrogen) atoms. The summed E-state index contributed by atoms with van der Waals surface area (Å²) in [5, 5.41) is 1.31. The number of anilines is 9. The molecule has 1 aromatic heterocycles. The standard InChI is InChI=1S/C74H74BN3S/c1-14-48-43-65-68-66(44-48)78(63-41-33-53(73(8,9)10)45-59(63)50-25-19-16-20-26-50)64-47-57(76(55-35-29-51(30-36-55)71(2,3)4)62-28-22-21-27-58(62)49-23-17-15-18-24-49)39-40-61(64)75(68)70-69(60-46-54(74(11,12)13)34-42-67(60)79-70)77(65)56-37-31-52(32-38-56)72(5,6)7/h15-47H,14H2,1-13H3. The first-order valence-electron chi connectivity index (χ1n) is 28.5. The van der Waals surface area contributed by atoms with Gasteiger partial charge in [0.25, 0.3) is 6.71 Å². The lowest BCUT2D eigenvalue weighted by atomic mass is 9.36. The normalized spacial score (nSPS) is 13.4. The van der Waals surface area contributed by atoms with Crippen LogP contribution in [0.25, 0.3) is 32.3 Å². The lowest BCUT2D eigenvalue weighted by Crippen LogP contribution is -2.60. The molecule has 0 amide bonds. The summed E-state index contributed by atoms with van der Waals surface area (Å²) in [6, 6.07) is 76.7. The maximum Gasteiger partial charge on any atom is 0.264 e. The highest BCUT2D eigenvalue weighted by molar-refractivity contribution is 7.33. The second-order valence-electron chi connectivity index (χ2n) is 26.2. The van der Waals surface area contributed by atoms with Crippen molar-refractivity contribution < 1.29 is 0 Å². The van der Waals surface area contributed by atoms with Gasteiger partial charge >= 0.3 is 0 Å². The van der Waals surface area contributed by atoms with Gasteiger partial charge in [-0.05, 0) is 157 Å². The van der Waals surface area contributed by atoms with Crippen molar-refractivity contribution in [3.05, 3.63) is 228 Å². The van der Waals surface area contributed by atoms with Crippen molar-refractivity contribution in [2.75, 3.05) is 14.7 Å². The molecule has 9 aromatic carbocycles. The summed E-state index contributed by atoms with van der Waals surface area (Å²) in [5.74, 6) is 0. The Morgan fingerprint density at radius 1 is 0.430 bits per heavy atom. The average Bonchev–Trinajstić information content (AvgIpc) is 3.24. The number of aryl methyl sites for hydroxylation is 1. The lowest BCUT2D eigenvalue weighted by molar-refractivity contribution is 0.590. The third-order valence-electron chi connectivity index (χ3n) is 16.6. The number of benzene rings is 9. The van der Waals surface area contributed by atoms with Crippen LogP contribution in [-0.2, 0) is 28.1 Å². The monoisotopic (exact) mass is 1050 g/mol. The van der Waals surface area contributed by atoms with Crippen LogP contribution in [0.4, 0.5) is 51.2 Å². The number of hydrogen-bond acceptors (Lipinski definition) is 4. The largest absolute Gasteiger partial charge is 0.311 e. The number of rotatable bonds is 8. The number of hydrogen-bond donors (Lipinski definition) is 0. The molecule has 2 aliphatic rings. The summed E-state index contributed by atoms with van der Waals surface area (Å²) in [6.45, 7) is 30.1. The molecule has 0 saturated heterocycles. The molecule has 12 rings (SSSR count). The van der Waals surface area contributed by atoms with Crippen LogP contribution in [0.15, 0.2) is 200 Å². The number of nitrogens with zero attached hydrogens (tertiary/aromatic N) is 3. The zero-order chi connectivity index (χ0) is 55.3. The van der Waals surface area contributed by atoms with Gasteiger partial charge in [0, 0.05) is 60.1 Å². The van der Waals surface area contributed by atoms with Crippen LogP contribution in [0.5, 0.6) is 0 Å². The van der Waals surface area contributed by atoms with Crippen molar-refractivity contribution in [3.63, 3.8) is 0 Å². The third kappa shape index (κ3) is 9.28. The Labute approximate surface area is 475 Å². The van der Waals surface area contributed by atoms with Crippen LogP contribution in [-0.4, -0.2) is 6.71 Å².